The Labute approximate surface area is 160 Å². The van der Waals surface area contributed by atoms with E-state index in [0.29, 0.717) is 20.0 Å². The van der Waals surface area contributed by atoms with Crippen LogP contribution in [0.15, 0.2) is 47.6 Å². The molecule has 0 aliphatic carbocycles. The molecule has 1 unspecified atom stereocenters. The second-order valence-corrected chi connectivity index (χ2v) is 8.48. The number of hydrogen-bond donors (Lipinski definition) is 1. The Morgan fingerprint density at radius 3 is 2.04 bits per heavy atom. The van der Waals surface area contributed by atoms with Gasteiger partial charge in [-0.15, -0.1) is 0 Å². The first-order valence-corrected chi connectivity index (χ1v) is 9.89. The van der Waals surface area contributed by atoms with Gasteiger partial charge in [-0.1, -0.05) is 18.2 Å². The lowest BCUT2D eigenvalue weighted by atomic mass is 9.99. The molecule has 2 heterocycles. The van der Waals surface area contributed by atoms with Crippen LogP contribution in [0.25, 0.3) is 0 Å². The van der Waals surface area contributed by atoms with Gasteiger partial charge in [0.05, 0.1) is 4.90 Å². The summed E-state index contributed by atoms with van der Waals surface area (Å²) in [5.41, 5.74) is -3.51. The summed E-state index contributed by atoms with van der Waals surface area (Å²) in [4.78, 5) is 9.72. The van der Waals surface area contributed by atoms with Gasteiger partial charge in [-0.3, -0.25) is 0 Å². The zero-order valence-corrected chi connectivity index (χ0v) is 15.8. The largest absolute Gasteiger partial charge is 0.421 e. The number of aliphatic hydroxyl groups is 1. The van der Waals surface area contributed by atoms with Crippen LogP contribution in [0.5, 0.6) is 0 Å². The van der Waals surface area contributed by atoms with Crippen LogP contribution in [0.4, 0.5) is 19.1 Å². The van der Waals surface area contributed by atoms with Gasteiger partial charge in [0.25, 0.3) is 0 Å². The van der Waals surface area contributed by atoms with Crippen LogP contribution >= 0.6 is 0 Å². The van der Waals surface area contributed by atoms with Gasteiger partial charge in [0.15, 0.2) is 5.60 Å². The molecular weight excluding hydrogens is 397 g/mol. The van der Waals surface area contributed by atoms with Crippen molar-refractivity contribution in [1.82, 2.24) is 14.3 Å². The maximum Gasteiger partial charge on any atom is 0.421 e. The van der Waals surface area contributed by atoms with Crippen LogP contribution in [0, 0.1) is 0 Å². The number of benzene rings is 1. The number of aromatic nitrogens is 2. The molecule has 0 radical (unpaired) electrons. The maximum atomic E-state index is 12.9. The Morgan fingerprint density at radius 2 is 1.54 bits per heavy atom. The molecule has 1 fully saturated rings. The average molecular weight is 416 g/mol. The van der Waals surface area contributed by atoms with E-state index in [2.05, 4.69) is 9.97 Å². The maximum absolute atomic E-state index is 12.9. The summed E-state index contributed by atoms with van der Waals surface area (Å²) in [6.07, 6.45) is -2.99. The number of nitrogens with zero attached hydrogens (tertiary/aromatic N) is 4. The van der Waals surface area contributed by atoms with E-state index in [-0.39, 0.29) is 23.9 Å². The summed E-state index contributed by atoms with van der Waals surface area (Å²) in [6, 6.07) is 8.07. The summed E-state index contributed by atoms with van der Waals surface area (Å²) in [7, 11) is -3.60. The summed E-state index contributed by atoms with van der Waals surface area (Å²) >= 11 is 0. The molecule has 0 spiro atoms. The minimum absolute atomic E-state index is 0.179. The number of alkyl halides is 3. The molecule has 0 amide bonds. The van der Waals surface area contributed by atoms with Gasteiger partial charge in [-0.05, 0) is 19.1 Å². The molecular formula is C17H19F3N4O3S. The molecule has 1 atom stereocenters. The molecule has 0 bridgehead atoms. The monoisotopic (exact) mass is 416 g/mol. The molecule has 1 aromatic heterocycles. The molecule has 2 aromatic rings. The summed E-state index contributed by atoms with van der Waals surface area (Å²) in [6.45, 7) is 1.62. The Kier molecular flexibility index (Phi) is 5.34. The van der Waals surface area contributed by atoms with Gasteiger partial charge in [-0.25, -0.2) is 18.4 Å². The normalized spacial score (nSPS) is 18.7. The van der Waals surface area contributed by atoms with Gasteiger partial charge in [0, 0.05) is 44.1 Å². The number of piperazine rings is 1. The number of rotatable bonds is 4. The van der Waals surface area contributed by atoms with Gasteiger partial charge in [-0.2, -0.15) is 17.5 Å². The molecule has 1 saturated heterocycles. The van der Waals surface area contributed by atoms with Crippen LogP contribution in [0.3, 0.4) is 0 Å². The highest BCUT2D eigenvalue weighted by Gasteiger charge is 2.51. The highest BCUT2D eigenvalue weighted by Crippen LogP contribution is 2.38. The summed E-state index contributed by atoms with van der Waals surface area (Å²) in [5, 5.41) is 9.66. The molecule has 7 nitrogen and oxygen atoms in total. The van der Waals surface area contributed by atoms with Crippen molar-refractivity contribution in [3.8, 4) is 0 Å². The highest BCUT2D eigenvalue weighted by atomic mass is 32.2. The van der Waals surface area contributed by atoms with Crippen molar-refractivity contribution in [3.63, 3.8) is 0 Å². The van der Waals surface area contributed by atoms with Gasteiger partial charge >= 0.3 is 6.18 Å². The van der Waals surface area contributed by atoms with E-state index in [1.54, 1.807) is 23.1 Å². The summed E-state index contributed by atoms with van der Waals surface area (Å²) < 4.78 is 65.3. The molecule has 1 aromatic carbocycles. The molecule has 152 valence electrons. The predicted molar refractivity (Wildman–Crippen MR) is 95.1 cm³/mol. The van der Waals surface area contributed by atoms with Crippen LogP contribution in [-0.4, -0.2) is 60.2 Å². The lowest BCUT2D eigenvalue weighted by Gasteiger charge is -2.34. The van der Waals surface area contributed by atoms with Gasteiger partial charge in [0.2, 0.25) is 16.0 Å². The fourth-order valence-corrected chi connectivity index (χ4v) is 4.21. The quantitative estimate of drug-likeness (QED) is 0.818. The van der Waals surface area contributed by atoms with Crippen molar-refractivity contribution in [2.24, 2.45) is 0 Å². The van der Waals surface area contributed by atoms with Crippen LogP contribution in [-0.2, 0) is 15.6 Å². The smallest absolute Gasteiger partial charge is 0.376 e. The van der Waals surface area contributed by atoms with Crippen LogP contribution in [0.2, 0.25) is 0 Å². The molecule has 1 N–H and O–H groups in total. The highest BCUT2D eigenvalue weighted by molar-refractivity contribution is 7.89. The van der Waals surface area contributed by atoms with Crippen LogP contribution in [0.1, 0.15) is 12.5 Å². The van der Waals surface area contributed by atoms with Crippen LogP contribution < -0.4 is 4.90 Å². The van der Waals surface area contributed by atoms with E-state index < -0.39 is 27.4 Å². The third-order valence-electron chi connectivity index (χ3n) is 4.65. The van der Waals surface area contributed by atoms with Crippen molar-refractivity contribution >= 4 is 16.0 Å². The van der Waals surface area contributed by atoms with E-state index in [1.165, 1.54) is 16.4 Å². The lowest BCUT2D eigenvalue weighted by Crippen LogP contribution is -2.49. The molecule has 28 heavy (non-hydrogen) atoms. The summed E-state index contributed by atoms with van der Waals surface area (Å²) in [5.74, 6) is 0.179. The zero-order valence-electron chi connectivity index (χ0n) is 15.0. The first kappa shape index (κ1) is 20.5. The fourth-order valence-electron chi connectivity index (χ4n) is 2.77. The SMILES string of the molecule is CC(O)(c1cnc(N2CCN(S(=O)(=O)c3ccccc3)CC2)nc1)C(F)(F)F. The lowest BCUT2D eigenvalue weighted by molar-refractivity contribution is -0.259. The molecule has 0 saturated carbocycles. The Hall–Kier alpha value is -2.24. The van der Waals surface area contributed by atoms with Crippen molar-refractivity contribution in [3.05, 3.63) is 48.3 Å². The van der Waals surface area contributed by atoms with Crippen molar-refractivity contribution < 1.29 is 26.7 Å². The molecule has 11 heteroatoms. The Balaban J connectivity index is 1.69. The average Bonchev–Trinajstić information content (AvgIpc) is 2.68. The minimum Gasteiger partial charge on any atom is -0.376 e. The third-order valence-corrected chi connectivity index (χ3v) is 6.57. The third kappa shape index (κ3) is 3.82. The van der Waals surface area contributed by atoms with Gasteiger partial charge in [0.1, 0.15) is 0 Å². The second-order valence-electron chi connectivity index (χ2n) is 6.55. The number of sulfonamides is 1. The number of halogens is 3. The van der Waals surface area contributed by atoms with E-state index >= 15 is 0 Å². The van der Waals surface area contributed by atoms with E-state index in [0.717, 1.165) is 12.4 Å². The molecule has 1 aliphatic heterocycles. The Bertz CT molecular complexity index is 911. The number of anilines is 1. The minimum atomic E-state index is -4.85. The Morgan fingerprint density at radius 1 is 1.00 bits per heavy atom. The van der Waals surface area contributed by atoms with Crippen molar-refractivity contribution in [1.29, 1.82) is 0 Å². The molecule has 3 rings (SSSR count). The number of hydrogen-bond acceptors (Lipinski definition) is 6. The second kappa shape index (κ2) is 7.30. The van der Waals surface area contributed by atoms with Gasteiger partial charge < -0.3 is 10.0 Å². The van der Waals surface area contributed by atoms with Crippen molar-refractivity contribution in [2.45, 2.75) is 23.6 Å². The fraction of sp³-hybridized carbons (Fsp3) is 0.412. The van der Waals surface area contributed by atoms with E-state index in [9.17, 15) is 26.7 Å². The zero-order chi connectivity index (χ0) is 20.6. The predicted octanol–water partition coefficient (Wildman–Crippen LogP) is 1.76. The van der Waals surface area contributed by atoms with Crippen molar-refractivity contribution in [2.75, 3.05) is 31.1 Å². The van der Waals surface area contributed by atoms with E-state index in [4.69, 9.17) is 0 Å². The molecule has 1 aliphatic rings. The standard InChI is InChI=1S/C17H19F3N4O3S/c1-16(25,17(18,19)20)13-11-21-15(22-12-13)23-7-9-24(10-8-23)28(26,27)14-5-3-2-4-6-14/h2-6,11-12,25H,7-10H2,1H3. The first-order chi connectivity index (χ1) is 13.0. The van der Waals surface area contributed by atoms with E-state index in [1.807, 2.05) is 0 Å². The topological polar surface area (TPSA) is 86.6 Å². The first-order valence-electron chi connectivity index (χ1n) is 8.45.